The monoisotopic (exact) mass is 358 g/mol. The Bertz CT molecular complexity index is 688. The number of sulfone groups is 1. The Morgan fingerprint density at radius 2 is 1.96 bits per heavy atom. The molecule has 1 heterocycles. The fourth-order valence-corrected chi connectivity index (χ4v) is 4.37. The summed E-state index contributed by atoms with van der Waals surface area (Å²) in [5.41, 5.74) is 0.763. The number of benzene rings is 1. The SMILES string of the molecule is CC(=O)N[C@@H](CC(=O)N[C@@H]1CCS(=O)(=O)C1)c1ccc(Cl)cc1. The standard InChI is InChI=1S/C15H19ClN2O4S/c1-10(19)17-14(11-2-4-12(16)5-3-11)8-15(20)18-13-6-7-23(21,22)9-13/h2-5,13-14H,6-9H2,1H3,(H,17,19)(H,18,20)/t13-,14+/m1/s1. The highest BCUT2D eigenvalue weighted by molar-refractivity contribution is 7.91. The molecule has 0 saturated carbocycles. The maximum Gasteiger partial charge on any atom is 0.222 e. The lowest BCUT2D eigenvalue weighted by Crippen LogP contribution is -2.38. The van der Waals surface area contributed by atoms with Gasteiger partial charge in [-0.2, -0.15) is 0 Å². The smallest absolute Gasteiger partial charge is 0.222 e. The number of amides is 2. The lowest BCUT2D eigenvalue weighted by Gasteiger charge is -2.19. The van der Waals surface area contributed by atoms with Gasteiger partial charge in [0, 0.05) is 18.0 Å². The molecule has 2 amide bonds. The number of hydrogen-bond acceptors (Lipinski definition) is 4. The van der Waals surface area contributed by atoms with E-state index in [1.807, 2.05) is 0 Å². The molecule has 0 bridgehead atoms. The van der Waals surface area contributed by atoms with Crippen LogP contribution in [0.2, 0.25) is 5.02 Å². The van der Waals surface area contributed by atoms with Gasteiger partial charge in [0.25, 0.3) is 0 Å². The van der Waals surface area contributed by atoms with Crippen molar-refractivity contribution in [3.05, 3.63) is 34.9 Å². The molecule has 2 rings (SSSR count). The maximum absolute atomic E-state index is 12.2. The lowest BCUT2D eigenvalue weighted by molar-refractivity contribution is -0.123. The number of carbonyl (C=O) groups is 2. The van der Waals surface area contributed by atoms with Crippen LogP contribution >= 0.6 is 11.6 Å². The van der Waals surface area contributed by atoms with Crippen LogP contribution in [0.15, 0.2) is 24.3 Å². The fraction of sp³-hybridized carbons (Fsp3) is 0.467. The zero-order valence-electron chi connectivity index (χ0n) is 12.7. The summed E-state index contributed by atoms with van der Waals surface area (Å²) in [4.78, 5) is 23.5. The first-order valence-corrected chi connectivity index (χ1v) is 9.47. The molecule has 1 aliphatic heterocycles. The van der Waals surface area contributed by atoms with Crippen molar-refractivity contribution in [1.29, 1.82) is 0 Å². The summed E-state index contributed by atoms with van der Waals surface area (Å²) in [6.07, 6.45) is 0.470. The van der Waals surface area contributed by atoms with E-state index in [2.05, 4.69) is 10.6 Å². The van der Waals surface area contributed by atoms with Gasteiger partial charge in [0.15, 0.2) is 9.84 Å². The van der Waals surface area contributed by atoms with E-state index >= 15 is 0 Å². The molecule has 1 saturated heterocycles. The molecule has 1 aliphatic rings. The Kier molecular flexibility index (Phi) is 5.64. The largest absolute Gasteiger partial charge is 0.352 e. The van der Waals surface area contributed by atoms with E-state index in [4.69, 9.17) is 11.6 Å². The van der Waals surface area contributed by atoms with Gasteiger partial charge in [-0.25, -0.2) is 8.42 Å². The Hall–Kier alpha value is -1.60. The molecule has 1 fully saturated rings. The van der Waals surface area contributed by atoms with E-state index in [0.29, 0.717) is 11.4 Å². The third kappa shape index (κ3) is 5.51. The van der Waals surface area contributed by atoms with Crippen LogP contribution in [-0.4, -0.2) is 37.8 Å². The Labute approximate surface area is 140 Å². The molecule has 1 aromatic rings. The molecule has 0 radical (unpaired) electrons. The molecule has 8 heteroatoms. The molecule has 2 N–H and O–H groups in total. The van der Waals surface area contributed by atoms with Crippen LogP contribution in [0.3, 0.4) is 0 Å². The molecular formula is C15H19ClN2O4S. The van der Waals surface area contributed by atoms with Crippen molar-refractivity contribution in [1.82, 2.24) is 10.6 Å². The van der Waals surface area contributed by atoms with Crippen LogP contribution in [-0.2, 0) is 19.4 Å². The first-order valence-electron chi connectivity index (χ1n) is 7.27. The zero-order valence-corrected chi connectivity index (χ0v) is 14.3. The average molecular weight is 359 g/mol. The van der Waals surface area contributed by atoms with Gasteiger partial charge in [-0.15, -0.1) is 0 Å². The first kappa shape index (κ1) is 17.7. The highest BCUT2D eigenvalue weighted by Gasteiger charge is 2.29. The molecular weight excluding hydrogens is 340 g/mol. The number of nitrogens with one attached hydrogen (secondary N) is 2. The van der Waals surface area contributed by atoms with Gasteiger partial charge in [0.1, 0.15) is 0 Å². The normalized spacial score (nSPS) is 20.7. The molecule has 2 atom stereocenters. The van der Waals surface area contributed by atoms with Crippen molar-refractivity contribution in [2.24, 2.45) is 0 Å². The fourth-order valence-electron chi connectivity index (χ4n) is 2.57. The summed E-state index contributed by atoms with van der Waals surface area (Å²) in [7, 11) is -3.04. The van der Waals surface area contributed by atoms with Gasteiger partial charge >= 0.3 is 0 Å². The van der Waals surface area contributed by atoms with Gasteiger partial charge in [0.2, 0.25) is 11.8 Å². The van der Waals surface area contributed by atoms with Crippen LogP contribution in [0.25, 0.3) is 0 Å². The highest BCUT2D eigenvalue weighted by Crippen LogP contribution is 2.20. The van der Waals surface area contributed by atoms with E-state index in [0.717, 1.165) is 5.56 Å². The predicted octanol–water partition coefficient (Wildman–Crippen LogP) is 1.21. The lowest BCUT2D eigenvalue weighted by atomic mass is 10.0. The molecule has 1 aromatic carbocycles. The summed E-state index contributed by atoms with van der Waals surface area (Å²) >= 11 is 5.84. The third-order valence-electron chi connectivity index (χ3n) is 3.64. The maximum atomic E-state index is 12.2. The Morgan fingerprint density at radius 1 is 1.30 bits per heavy atom. The second-order valence-corrected chi connectivity index (χ2v) is 8.34. The quantitative estimate of drug-likeness (QED) is 0.827. The number of hydrogen-bond donors (Lipinski definition) is 2. The van der Waals surface area contributed by atoms with Crippen LogP contribution in [0.1, 0.15) is 31.4 Å². The van der Waals surface area contributed by atoms with Gasteiger partial charge in [-0.1, -0.05) is 23.7 Å². The minimum absolute atomic E-state index is 0.0233. The van der Waals surface area contributed by atoms with Crippen LogP contribution in [0.5, 0.6) is 0 Å². The van der Waals surface area contributed by atoms with E-state index in [9.17, 15) is 18.0 Å². The zero-order chi connectivity index (χ0) is 17.0. The molecule has 126 valence electrons. The third-order valence-corrected chi connectivity index (χ3v) is 5.66. The highest BCUT2D eigenvalue weighted by atomic mass is 35.5. The van der Waals surface area contributed by atoms with Gasteiger partial charge in [0.05, 0.1) is 24.0 Å². The Morgan fingerprint density at radius 3 is 2.48 bits per heavy atom. The first-order chi connectivity index (χ1) is 10.7. The van der Waals surface area contributed by atoms with E-state index in [1.165, 1.54) is 6.92 Å². The van der Waals surface area contributed by atoms with Gasteiger partial charge < -0.3 is 10.6 Å². The summed E-state index contributed by atoms with van der Waals surface area (Å²) < 4.78 is 22.8. The second kappa shape index (κ2) is 7.31. The van der Waals surface area contributed by atoms with Crippen LogP contribution < -0.4 is 10.6 Å². The van der Waals surface area contributed by atoms with Gasteiger partial charge in [-0.3, -0.25) is 9.59 Å². The molecule has 6 nitrogen and oxygen atoms in total. The van der Waals surface area contributed by atoms with Gasteiger partial charge in [-0.05, 0) is 24.1 Å². The number of rotatable bonds is 5. The summed E-state index contributed by atoms with van der Waals surface area (Å²) in [6.45, 7) is 1.38. The van der Waals surface area contributed by atoms with Crippen molar-refractivity contribution >= 4 is 33.3 Å². The van der Waals surface area contributed by atoms with Crippen molar-refractivity contribution < 1.29 is 18.0 Å². The van der Waals surface area contributed by atoms with E-state index in [-0.39, 0.29) is 35.8 Å². The molecule has 23 heavy (non-hydrogen) atoms. The number of carbonyl (C=O) groups excluding carboxylic acids is 2. The van der Waals surface area contributed by atoms with E-state index in [1.54, 1.807) is 24.3 Å². The Balaban J connectivity index is 2.01. The topological polar surface area (TPSA) is 92.3 Å². The summed E-state index contributed by atoms with van der Waals surface area (Å²) in [6, 6.07) is 6.03. The van der Waals surface area contributed by atoms with Crippen LogP contribution in [0, 0.1) is 0 Å². The van der Waals surface area contributed by atoms with Crippen molar-refractivity contribution in [3.63, 3.8) is 0 Å². The summed E-state index contributed by atoms with van der Waals surface area (Å²) in [5.74, 6) is -0.462. The minimum atomic E-state index is -3.04. The predicted molar refractivity (Wildman–Crippen MR) is 87.8 cm³/mol. The molecule has 0 unspecified atom stereocenters. The molecule has 0 aromatic heterocycles. The van der Waals surface area contributed by atoms with Crippen LogP contribution in [0.4, 0.5) is 0 Å². The second-order valence-electron chi connectivity index (χ2n) is 5.68. The average Bonchev–Trinajstić information content (AvgIpc) is 2.77. The molecule has 0 spiro atoms. The number of halogens is 1. The van der Waals surface area contributed by atoms with Crippen molar-refractivity contribution in [2.45, 2.75) is 31.8 Å². The van der Waals surface area contributed by atoms with Crippen molar-refractivity contribution in [3.8, 4) is 0 Å². The molecule has 0 aliphatic carbocycles. The minimum Gasteiger partial charge on any atom is -0.352 e. The van der Waals surface area contributed by atoms with Crippen molar-refractivity contribution in [2.75, 3.05) is 11.5 Å². The van der Waals surface area contributed by atoms with E-state index < -0.39 is 15.9 Å². The summed E-state index contributed by atoms with van der Waals surface area (Å²) in [5, 5.41) is 6.02.